The second-order valence-electron chi connectivity index (χ2n) is 3.36. The molecule has 4 heteroatoms. The van der Waals surface area contributed by atoms with Crippen LogP contribution in [0.1, 0.15) is 0 Å². The van der Waals surface area contributed by atoms with Gasteiger partial charge in [0.15, 0.2) is 0 Å². The van der Waals surface area contributed by atoms with Crippen molar-refractivity contribution in [3.8, 4) is 0 Å². The third-order valence-corrected chi connectivity index (χ3v) is 2.48. The molecule has 0 fully saturated rings. The molecule has 0 aliphatic carbocycles. The topological polar surface area (TPSA) is 35.1 Å². The first-order valence-corrected chi connectivity index (χ1v) is 4.79. The fourth-order valence-electron chi connectivity index (χ4n) is 1.88. The summed E-state index contributed by atoms with van der Waals surface area (Å²) in [6.07, 6.45) is 3.43. The molecule has 74 valence electrons. The smallest absolute Gasteiger partial charge is 0.233 e. The van der Waals surface area contributed by atoms with Crippen molar-refractivity contribution in [1.29, 1.82) is 0 Å². The number of fused-ring (bicyclic) bond motifs is 3. The van der Waals surface area contributed by atoms with Gasteiger partial charge in [-0.3, -0.25) is 0 Å². The van der Waals surface area contributed by atoms with Crippen molar-refractivity contribution in [3.05, 3.63) is 43.2 Å². The Morgan fingerprint density at radius 3 is 2.87 bits per heavy atom. The van der Waals surface area contributed by atoms with Gasteiger partial charge in [0.25, 0.3) is 0 Å². The lowest BCUT2D eigenvalue weighted by Gasteiger charge is -1.98. The maximum Gasteiger partial charge on any atom is 0.233 e. The molecule has 1 aromatic carbocycles. The van der Waals surface area contributed by atoms with Crippen LogP contribution in [0.3, 0.4) is 0 Å². The molecule has 3 rings (SSSR count). The summed E-state index contributed by atoms with van der Waals surface area (Å²) in [5.74, 6) is 0.858. The maximum absolute atomic E-state index is 4.24. The molecule has 0 aliphatic heterocycles. The summed E-state index contributed by atoms with van der Waals surface area (Å²) in [5.41, 5.74) is 2.21. The largest absolute Gasteiger partial charge is 0.304 e. The summed E-state index contributed by atoms with van der Waals surface area (Å²) in [6.45, 7) is 4.50. The van der Waals surface area contributed by atoms with Crippen LogP contribution in [-0.4, -0.2) is 19.2 Å². The Hall–Kier alpha value is -2.10. The van der Waals surface area contributed by atoms with Gasteiger partial charge in [0.05, 0.1) is 11.0 Å². The normalized spacial score (nSPS) is 11.2. The highest BCUT2D eigenvalue weighted by molar-refractivity contribution is 5.80. The van der Waals surface area contributed by atoms with Crippen molar-refractivity contribution in [1.82, 2.24) is 19.2 Å². The molecule has 0 saturated heterocycles. The molecule has 0 spiro atoms. The maximum atomic E-state index is 4.24. The molecule has 0 atom stereocenters. The van der Waals surface area contributed by atoms with Crippen molar-refractivity contribution in [2.45, 2.75) is 6.54 Å². The van der Waals surface area contributed by atoms with Crippen LogP contribution >= 0.6 is 0 Å². The van der Waals surface area contributed by atoms with Gasteiger partial charge in [-0.2, -0.15) is 14.6 Å². The number of hydrogen-bond acceptors (Lipinski definition) is 2. The van der Waals surface area contributed by atoms with E-state index >= 15 is 0 Å². The number of rotatable bonds is 2. The van der Waals surface area contributed by atoms with Crippen LogP contribution in [-0.2, 0) is 6.54 Å². The lowest BCUT2D eigenvalue weighted by atomic mass is 10.3. The average molecular weight is 198 g/mol. The molecule has 0 N–H and O–H groups in total. The highest BCUT2D eigenvalue weighted by atomic mass is 15.4. The second-order valence-corrected chi connectivity index (χ2v) is 3.36. The van der Waals surface area contributed by atoms with E-state index < -0.39 is 0 Å². The number of allylic oxidation sites excluding steroid dienone is 1. The molecule has 2 heterocycles. The van der Waals surface area contributed by atoms with Gasteiger partial charge in [0.1, 0.15) is 6.33 Å². The zero-order valence-electron chi connectivity index (χ0n) is 8.17. The van der Waals surface area contributed by atoms with Crippen LogP contribution in [0.25, 0.3) is 16.8 Å². The molecule has 0 saturated carbocycles. The van der Waals surface area contributed by atoms with Crippen molar-refractivity contribution in [3.63, 3.8) is 0 Å². The van der Waals surface area contributed by atoms with Gasteiger partial charge in [0, 0.05) is 6.54 Å². The van der Waals surface area contributed by atoms with Gasteiger partial charge in [-0.1, -0.05) is 18.2 Å². The number of nitrogens with zero attached hydrogens (tertiary/aromatic N) is 4. The van der Waals surface area contributed by atoms with Crippen LogP contribution in [0.4, 0.5) is 0 Å². The Labute approximate surface area is 86.5 Å². The van der Waals surface area contributed by atoms with Gasteiger partial charge < -0.3 is 4.57 Å². The zero-order chi connectivity index (χ0) is 10.3. The third-order valence-electron chi connectivity index (χ3n) is 2.48. The fraction of sp³-hybridized carbons (Fsp3) is 0.0909. The van der Waals surface area contributed by atoms with Crippen molar-refractivity contribution >= 4 is 16.8 Å². The Bertz CT molecular complexity index is 632. The van der Waals surface area contributed by atoms with E-state index in [0.29, 0.717) is 0 Å². The van der Waals surface area contributed by atoms with E-state index in [1.165, 1.54) is 0 Å². The van der Waals surface area contributed by atoms with Gasteiger partial charge in [-0.05, 0) is 12.1 Å². The quantitative estimate of drug-likeness (QED) is 0.589. The number of hydrogen-bond donors (Lipinski definition) is 0. The fourth-order valence-corrected chi connectivity index (χ4v) is 1.88. The van der Waals surface area contributed by atoms with E-state index in [-0.39, 0.29) is 0 Å². The molecule has 3 aromatic rings. The van der Waals surface area contributed by atoms with Crippen LogP contribution in [0.15, 0.2) is 43.2 Å². The summed E-state index contributed by atoms with van der Waals surface area (Å²) < 4.78 is 3.94. The minimum atomic E-state index is 0.746. The Morgan fingerprint density at radius 2 is 2.07 bits per heavy atom. The summed E-state index contributed by atoms with van der Waals surface area (Å²) in [5, 5.41) is 4.20. The summed E-state index contributed by atoms with van der Waals surface area (Å²) in [7, 11) is 0. The highest BCUT2D eigenvalue weighted by Gasteiger charge is 2.09. The standard InChI is InChI=1S/C11H10N4/c1-2-7-14-9-5-3-4-6-10(9)15-11(14)12-8-13-15/h2-6,8H,1,7H2. The van der Waals surface area contributed by atoms with Crippen molar-refractivity contribution in [2.75, 3.05) is 0 Å². The molecule has 0 amide bonds. The number of para-hydroxylation sites is 2. The van der Waals surface area contributed by atoms with Gasteiger partial charge in [-0.25, -0.2) is 0 Å². The minimum Gasteiger partial charge on any atom is -0.304 e. The molecular formula is C11H10N4. The molecular weight excluding hydrogens is 188 g/mol. The lowest BCUT2D eigenvalue weighted by Crippen LogP contribution is -1.95. The second kappa shape index (κ2) is 2.95. The Balaban J connectivity index is 2.52. The molecule has 0 bridgehead atoms. The molecule has 2 aromatic heterocycles. The van der Waals surface area contributed by atoms with E-state index in [1.807, 2.05) is 28.8 Å². The monoisotopic (exact) mass is 198 g/mol. The lowest BCUT2D eigenvalue weighted by molar-refractivity contribution is 0.864. The first-order chi connectivity index (χ1) is 7.42. The zero-order valence-corrected chi connectivity index (χ0v) is 8.17. The summed E-state index contributed by atoms with van der Waals surface area (Å²) in [4.78, 5) is 4.24. The molecule has 0 radical (unpaired) electrons. The van der Waals surface area contributed by atoms with Crippen LogP contribution in [0.2, 0.25) is 0 Å². The van der Waals surface area contributed by atoms with Gasteiger partial charge in [0.2, 0.25) is 5.78 Å². The minimum absolute atomic E-state index is 0.746. The van der Waals surface area contributed by atoms with E-state index in [4.69, 9.17) is 0 Å². The van der Waals surface area contributed by atoms with Crippen molar-refractivity contribution < 1.29 is 0 Å². The molecule has 0 unspecified atom stereocenters. The van der Waals surface area contributed by atoms with Crippen LogP contribution < -0.4 is 0 Å². The third kappa shape index (κ3) is 1.01. The van der Waals surface area contributed by atoms with Gasteiger partial charge >= 0.3 is 0 Å². The predicted molar refractivity (Wildman–Crippen MR) is 58.7 cm³/mol. The number of benzene rings is 1. The Kier molecular flexibility index (Phi) is 1.62. The average Bonchev–Trinajstić information content (AvgIpc) is 2.82. The molecule has 4 nitrogen and oxygen atoms in total. The first kappa shape index (κ1) is 8.23. The first-order valence-electron chi connectivity index (χ1n) is 4.79. The van der Waals surface area contributed by atoms with Crippen molar-refractivity contribution in [2.24, 2.45) is 0 Å². The number of imidazole rings is 1. The van der Waals surface area contributed by atoms with Crippen LogP contribution in [0, 0.1) is 0 Å². The SMILES string of the molecule is C=CCn1c2ccccc2n2ncnc12. The van der Waals surface area contributed by atoms with Gasteiger partial charge in [-0.15, -0.1) is 6.58 Å². The Morgan fingerprint density at radius 1 is 1.27 bits per heavy atom. The van der Waals surface area contributed by atoms with Crippen LogP contribution in [0.5, 0.6) is 0 Å². The molecule has 0 aliphatic rings. The molecule has 15 heavy (non-hydrogen) atoms. The number of aromatic nitrogens is 4. The summed E-state index contributed by atoms with van der Waals surface area (Å²) >= 11 is 0. The van der Waals surface area contributed by atoms with E-state index in [0.717, 1.165) is 23.4 Å². The van der Waals surface area contributed by atoms with E-state index in [1.54, 1.807) is 6.33 Å². The van der Waals surface area contributed by atoms with E-state index in [2.05, 4.69) is 27.3 Å². The van der Waals surface area contributed by atoms with E-state index in [9.17, 15) is 0 Å². The summed E-state index contributed by atoms with van der Waals surface area (Å²) in [6, 6.07) is 8.12. The predicted octanol–water partition coefficient (Wildman–Crippen LogP) is 1.87. The highest BCUT2D eigenvalue weighted by Crippen LogP contribution is 2.18.